The van der Waals surface area contributed by atoms with Gasteiger partial charge in [-0.25, -0.2) is 13.1 Å². The van der Waals surface area contributed by atoms with Crippen LogP contribution in [0.4, 0.5) is 0 Å². The minimum absolute atomic E-state index is 0.128. The highest BCUT2D eigenvalue weighted by Crippen LogP contribution is 2.23. The van der Waals surface area contributed by atoms with E-state index >= 15 is 0 Å². The molecule has 1 aliphatic rings. The zero-order valence-corrected chi connectivity index (χ0v) is 18.4. The average molecular weight is 452 g/mol. The number of nitrogens with zero attached hydrogens (tertiary/aromatic N) is 2. The Hall–Kier alpha value is -2.69. The maximum Gasteiger partial charge on any atom is 0.240 e. The number of rotatable bonds is 6. The van der Waals surface area contributed by atoms with E-state index in [0.29, 0.717) is 12.1 Å². The molecule has 5 nitrogen and oxygen atoms in total. The molecule has 0 spiro atoms. The van der Waals surface area contributed by atoms with Crippen molar-refractivity contribution < 1.29 is 8.42 Å². The van der Waals surface area contributed by atoms with Gasteiger partial charge in [0.2, 0.25) is 10.0 Å². The summed E-state index contributed by atoms with van der Waals surface area (Å²) in [5.41, 5.74) is 3.76. The number of hydrogen-bond acceptors (Lipinski definition) is 4. The van der Waals surface area contributed by atoms with Gasteiger partial charge in [0.25, 0.3) is 0 Å². The number of likely N-dealkylation sites (tertiary alicyclic amines) is 1. The van der Waals surface area contributed by atoms with E-state index < -0.39 is 10.0 Å². The molecule has 158 valence electrons. The smallest absolute Gasteiger partial charge is 0.240 e. The lowest BCUT2D eigenvalue weighted by Crippen LogP contribution is -2.37. The molecule has 0 unspecified atom stereocenters. The molecule has 3 aromatic rings. The average Bonchev–Trinajstić information content (AvgIpc) is 3.21. The topological polar surface area (TPSA) is 73.2 Å². The van der Waals surface area contributed by atoms with Crippen LogP contribution in [0.3, 0.4) is 0 Å². The minimum atomic E-state index is -3.65. The molecule has 7 heteroatoms. The van der Waals surface area contributed by atoms with Crippen LogP contribution in [0, 0.1) is 11.3 Å². The van der Waals surface area contributed by atoms with Gasteiger partial charge in [-0.2, -0.15) is 5.26 Å². The molecule has 31 heavy (non-hydrogen) atoms. The van der Waals surface area contributed by atoms with Gasteiger partial charge < -0.3 is 0 Å². The predicted octanol–water partition coefficient (Wildman–Crippen LogP) is 4.43. The number of nitrogens with one attached hydrogen (secondary N) is 1. The molecule has 0 amide bonds. The van der Waals surface area contributed by atoms with Crippen LogP contribution in [-0.2, 0) is 16.6 Å². The van der Waals surface area contributed by atoms with Crippen molar-refractivity contribution in [3.8, 4) is 17.2 Å². The second-order valence-electron chi connectivity index (χ2n) is 7.69. The van der Waals surface area contributed by atoms with E-state index in [1.54, 1.807) is 12.1 Å². The fourth-order valence-corrected chi connectivity index (χ4v) is 5.23. The largest absolute Gasteiger partial charge is 0.297 e. The van der Waals surface area contributed by atoms with Crippen molar-refractivity contribution in [2.45, 2.75) is 23.9 Å². The minimum Gasteiger partial charge on any atom is -0.297 e. The van der Waals surface area contributed by atoms with Crippen molar-refractivity contribution in [3.05, 3.63) is 88.9 Å². The van der Waals surface area contributed by atoms with E-state index in [4.69, 9.17) is 16.9 Å². The summed E-state index contributed by atoms with van der Waals surface area (Å²) >= 11 is 5.96. The number of halogens is 1. The number of sulfonamides is 1. The molecule has 4 rings (SSSR count). The first-order valence-corrected chi connectivity index (χ1v) is 11.9. The zero-order valence-electron chi connectivity index (χ0n) is 16.8. The fraction of sp³-hybridized carbons (Fsp3) is 0.208. The van der Waals surface area contributed by atoms with Crippen LogP contribution >= 0.6 is 11.6 Å². The van der Waals surface area contributed by atoms with Crippen molar-refractivity contribution >= 4 is 21.6 Å². The molecule has 1 aliphatic heterocycles. The summed E-state index contributed by atoms with van der Waals surface area (Å²) < 4.78 is 28.1. The van der Waals surface area contributed by atoms with Crippen molar-refractivity contribution in [2.24, 2.45) is 0 Å². The van der Waals surface area contributed by atoms with Crippen molar-refractivity contribution in [1.29, 1.82) is 5.26 Å². The molecule has 1 fully saturated rings. The third kappa shape index (κ3) is 5.33. The first kappa shape index (κ1) is 21.5. The predicted molar refractivity (Wildman–Crippen MR) is 122 cm³/mol. The Morgan fingerprint density at radius 1 is 1.03 bits per heavy atom. The van der Waals surface area contributed by atoms with Crippen LogP contribution in [0.2, 0.25) is 5.02 Å². The number of benzene rings is 3. The number of hydrogen-bond donors (Lipinski definition) is 1. The first-order valence-electron chi connectivity index (χ1n) is 10.0. The molecule has 0 saturated carbocycles. The molecular weight excluding hydrogens is 430 g/mol. The quantitative estimate of drug-likeness (QED) is 0.601. The van der Waals surface area contributed by atoms with Crippen molar-refractivity contribution in [1.82, 2.24) is 9.62 Å². The lowest BCUT2D eigenvalue weighted by molar-refractivity contribution is 0.324. The van der Waals surface area contributed by atoms with E-state index in [-0.39, 0.29) is 10.9 Å². The third-order valence-electron chi connectivity index (χ3n) is 5.41. The fourth-order valence-electron chi connectivity index (χ4n) is 3.80. The van der Waals surface area contributed by atoms with Crippen LogP contribution in [0.25, 0.3) is 11.1 Å². The summed E-state index contributed by atoms with van der Waals surface area (Å²) in [4.78, 5) is 2.37. The highest BCUT2D eigenvalue weighted by Gasteiger charge is 2.27. The van der Waals surface area contributed by atoms with Crippen LogP contribution in [0.1, 0.15) is 17.5 Å². The van der Waals surface area contributed by atoms with Crippen molar-refractivity contribution in [3.63, 3.8) is 0 Å². The molecule has 0 bridgehead atoms. The molecular formula is C24H22ClN3O2S. The summed E-state index contributed by atoms with van der Waals surface area (Å²) in [6.07, 6.45) is 0.750. The van der Waals surface area contributed by atoms with E-state index in [9.17, 15) is 8.42 Å². The Morgan fingerprint density at radius 2 is 1.71 bits per heavy atom. The zero-order chi connectivity index (χ0) is 21.8. The standard InChI is InChI=1S/C24H22ClN3O2S/c25-22-10-8-21(9-11-22)20-6-4-18(5-7-20)16-28-13-12-23(17-28)27-31(29,30)24-3-1-2-19(14-24)15-26/h1-11,14,23,27H,12-13,16-17H2/t23-/m1/s1. The SMILES string of the molecule is N#Cc1cccc(S(=O)(=O)N[C@@H]2CCN(Cc3ccc(-c4ccc(Cl)cc4)cc3)C2)c1. The van der Waals surface area contributed by atoms with Gasteiger partial charge in [-0.15, -0.1) is 0 Å². The van der Waals surface area contributed by atoms with E-state index in [1.165, 1.54) is 17.7 Å². The number of nitriles is 1. The van der Waals surface area contributed by atoms with Crippen LogP contribution in [0.5, 0.6) is 0 Å². The lowest BCUT2D eigenvalue weighted by atomic mass is 10.0. The molecule has 1 saturated heterocycles. The van der Waals surface area contributed by atoms with Gasteiger partial charge in [0.15, 0.2) is 0 Å². The van der Waals surface area contributed by atoms with Gasteiger partial charge in [-0.3, -0.25) is 4.90 Å². The Labute approximate surface area is 187 Å². The summed E-state index contributed by atoms with van der Waals surface area (Å²) in [5, 5.41) is 9.72. The van der Waals surface area contributed by atoms with Gasteiger partial charge in [-0.05, 0) is 53.4 Å². The van der Waals surface area contributed by atoms with Crippen molar-refractivity contribution in [2.75, 3.05) is 13.1 Å². The molecule has 1 heterocycles. The molecule has 0 aliphatic carbocycles. The van der Waals surface area contributed by atoms with Crippen LogP contribution < -0.4 is 4.72 Å². The third-order valence-corrected chi connectivity index (χ3v) is 7.18. The highest BCUT2D eigenvalue weighted by molar-refractivity contribution is 7.89. The van der Waals surface area contributed by atoms with E-state index in [0.717, 1.165) is 35.7 Å². The summed E-state index contributed by atoms with van der Waals surface area (Å²) in [5.74, 6) is 0. The van der Waals surface area contributed by atoms with Gasteiger partial charge in [0.05, 0.1) is 16.5 Å². The first-order chi connectivity index (χ1) is 14.9. The molecule has 0 aromatic heterocycles. The Bertz CT molecular complexity index is 1200. The monoisotopic (exact) mass is 451 g/mol. The molecule has 3 aromatic carbocycles. The van der Waals surface area contributed by atoms with Gasteiger partial charge >= 0.3 is 0 Å². The van der Waals surface area contributed by atoms with Crippen LogP contribution in [0.15, 0.2) is 77.7 Å². The molecule has 1 N–H and O–H groups in total. The normalized spacial score (nSPS) is 16.8. The van der Waals surface area contributed by atoms with Crippen LogP contribution in [-0.4, -0.2) is 32.4 Å². The Morgan fingerprint density at radius 3 is 2.39 bits per heavy atom. The van der Waals surface area contributed by atoms with Gasteiger partial charge in [0, 0.05) is 30.7 Å². The van der Waals surface area contributed by atoms with E-state index in [2.05, 4.69) is 33.9 Å². The summed E-state index contributed by atoms with van der Waals surface area (Å²) in [7, 11) is -3.65. The van der Waals surface area contributed by atoms with Gasteiger partial charge in [-0.1, -0.05) is 54.1 Å². The lowest BCUT2D eigenvalue weighted by Gasteiger charge is -2.17. The highest BCUT2D eigenvalue weighted by atomic mass is 35.5. The summed E-state index contributed by atoms with van der Waals surface area (Å²) in [6, 6.07) is 24.1. The molecule has 0 radical (unpaired) electrons. The maximum absolute atomic E-state index is 12.7. The van der Waals surface area contributed by atoms with Gasteiger partial charge in [0.1, 0.15) is 0 Å². The summed E-state index contributed by atoms with van der Waals surface area (Å²) in [6.45, 7) is 2.24. The molecule has 1 atom stereocenters. The Kier molecular flexibility index (Phi) is 6.40. The maximum atomic E-state index is 12.7. The second-order valence-corrected chi connectivity index (χ2v) is 9.84. The Balaban J connectivity index is 1.36. The van der Waals surface area contributed by atoms with E-state index in [1.807, 2.05) is 30.3 Å². The second kappa shape index (κ2) is 9.21.